The molecule has 2 aliphatic heterocycles. The number of hydrogen-bond acceptors (Lipinski definition) is 5. The topological polar surface area (TPSA) is 64.3 Å². The van der Waals surface area contributed by atoms with Gasteiger partial charge >= 0.3 is 0 Å². The highest BCUT2D eigenvalue weighted by atomic mass is 16.5. The zero-order chi connectivity index (χ0) is 18.3. The van der Waals surface area contributed by atoms with E-state index in [9.17, 15) is 4.79 Å². The van der Waals surface area contributed by atoms with Crippen LogP contribution >= 0.6 is 0 Å². The summed E-state index contributed by atoms with van der Waals surface area (Å²) in [7, 11) is 1.84. The molecule has 142 valence electrons. The SMILES string of the molecule is CC[C@H]1CN[C@H](C)CN1c1c2c(ccc(=O)n2C)nn1C1CCCCO1. The molecule has 0 spiro atoms. The van der Waals surface area contributed by atoms with E-state index in [4.69, 9.17) is 9.84 Å². The molecule has 2 aliphatic rings. The summed E-state index contributed by atoms with van der Waals surface area (Å²) in [6.45, 7) is 7.03. The largest absolute Gasteiger partial charge is 0.356 e. The predicted octanol–water partition coefficient (Wildman–Crippen LogP) is 2.01. The van der Waals surface area contributed by atoms with Crippen LogP contribution in [-0.4, -0.2) is 46.1 Å². The van der Waals surface area contributed by atoms with Crippen LogP contribution in [0.3, 0.4) is 0 Å². The lowest BCUT2D eigenvalue weighted by molar-refractivity contribution is -0.0383. The lowest BCUT2D eigenvalue weighted by Crippen LogP contribution is -2.56. The molecule has 3 atom stereocenters. The number of aromatic nitrogens is 3. The molecule has 4 rings (SSSR count). The Labute approximate surface area is 153 Å². The summed E-state index contributed by atoms with van der Waals surface area (Å²) in [4.78, 5) is 14.8. The van der Waals surface area contributed by atoms with Gasteiger partial charge in [-0.05, 0) is 38.7 Å². The number of nitrogens with zero attached hydrogens (tertiary/aromatic N) is 4. The van der Waals surface area contributed by atoms with Crippen LogP contribution < -0.4 is 15.8 Å². The lowest BCUT2D eigenvalue weighted by atomic mass is 10.1. The van der Waals surface area contributed by atoms with Gasteiger partial charge in [-0.15, -0.1) is 0 Å². The molecule has 7 nitrogen and oxygen atoms in total. The second-order valence-corrected chi connectivity index (χ2v) is 7.58. The molecular weight excluding hydrogens is 330 g/mol. The van der Waals surface area contributed by atoms with Crippen LogP contribution in [0.4, 0.5) is 5.82 Å². The van der Waals surface area contributed by atoms with E-state index >= 15 is 0 Å². The molecule has 1 N–H and O–H groups in total. The summed E-state index contributed by atoms with van der Waals surface area (Å²) >= 11 is 0. The minimum atomic E-state index is -0.0519. The number of rotatable bonds is 3. The van der Waals surface area contributed by atoms with Crippen molar-refractivity contribution in [2.45, 2.75) is 57.8 Å². The fourth-order valence-electron chi connectivity index (χ4n) is 4.21. The minimum Gasteiger partial charge on any atom is -0.356 e. The normalized spacial score (nSPS) is 27.2. The van der Waals surface area contributed by atoms with Gasteiger partial charge in [-0.2, -0.15) is 5.10 Å². The van der Waals surface area contributed by atoms with Crippen molar-refractivity contribution in [3.63, 3.8) is 0 Å². The number of fused-ring (bicyclic) bond motifs is 1. The quantitative estimate of drug-likeness (QED) is 0.908. The number of pyridine rings is 1. The zero-order valence-electron chi connectivity index (χ0n) is 15.9. The molecule has 26 heavy (non-hydrogen) atoms. The Kier molecular flexibility index (Phi) is 4.75. The lowest BCUT2D eigenvalue weighted by Gasteiger charge is -2.41. The summed E-state index contributed by atoms with van der Waals surface area (Å²) in [5.41, 5.74) is 1.77. The van der Waals surface area contributed by atoms with Crippen molar-refractivity contribution < 1.29 is 4.74 Å². The van der Waals surface area contributed by atoms with Crippen molar-refractivity contribution in [1.82, 2.24) is 19.7 Å². The van der Waals surface area contributed by atoms with Crippen LogP contribution in [-0.2, 0) is 11.8 Å². The first-order valence-electron chi connectivity index (χ1n) is 9.80. The fourth-order valence-corrected chi connectivity index (χ4v) is 4.21. The van der Waals surface area contributed by atoms with E-state index in [1.807, 2.05) is 17.8 Å². The molecule has 2 aromatic heterocycles. The van der Waals surface area contributed by atoms with E-state index in [2.05, 4.69) is 24.1 Å². The number of hydrogen-bond donors (Lipinski definition) is 1. The molecule has 2 aromatic rings. The van der Waals surface area contributed by atoms with Gasteiger partial charge in [-0.25, -0.2) is 4.68 Å². The standard InChI is InChI=1S/C19H29N5O2/c1-4-14-11-20-13(2)12-23(14)19-18-15(8-9-16(25)22(18)3)21-24(19)17-7-5-6-10-26-17/h8-9,13-14,17,20H,4-7,10-12H2,1-3H3/t13-,14+,17?/m1/s1. The van der Waals surface area contributed by atoms with Gasteiger partial charge in [0.05, 0.1) is 0 Å². The van der Waals surface area contributed by atoms with Gasteiger partial charge in [-0.1, -0.05) is 6.92 Å². The average molecular weight is 359 g/mol. The van der Waals surface area contributed by atoms with Crippen molar-refractivity contribution in [1.29, 1.82) is 0 Å². The van der Waals surface area contributed by atoms with Crippen molar-refractivity contribution >= 4 is 16.9 Å². The zero-order valence-corrected chi connectivity index (χ0v) is 15.9. The van der Waals surface area contributed by atoms with Crippen LogP contribution in [0.5, 0.6) is 0 Å². The number of ether oxygens (including phenoxy) is 1. The van der Waals surface area contributed by atoms with Gasteiger partial charge in [0, 0.05) is 44.9 Å². The van der Waals surface area contributed by atoms with Crippen LogP contribution in [0.25, 0.3) is 11.0 Å². The maximum Gasteiger partial charge on any atom is 0.250 e. The molecule has 2 fully saturated rings. The van der Waals surface area contributed by atoms with Gasteiger partial charge in [0.25, 0.3) is 5.56 Å². The Morgan fingerprint density at radius 1 is 1.35 bits per heavy atom. The highest BCUT2D eigenvalue weighted by Crippen LogP contribution is 2.34. The molecule has 2 saturated heterocycles. The molecule has 0 aromatic carbocycles. The maximum atomic E-state index is 12.3. The Morgan fingerprint density at radius 3 is 2.92 bits per heavy atom. The molecule has 1 unspecified atom stereocenters. The number of piperazine rings is 1. The third-order valence-electron chi connectivity index (χ3n) is 5.72. The monoisotopic (exact) mass is 359 g/mol. The Hall–Kier alpha value is -1.86. The van der Waals surface area contributed by atoms with E-state index in [0.717, 1.165) is 62.2 Å². The summed E-state index contributed by atoms with van der Waals surface area (Å²) < 4.78 is 9.84. The Morgan fingerprint density at radius 2 is 2.19 bits per heavy atom. The molecule has 0 bridgehead atoms. The number of anilines is 1. The summed E-state index contributed by atoms with van der Waals surface area (Å²) in [5, 5.41) is 8.45. The van der Waals surface area contributed by atoms with Gasteiger partial charge in [0.15, 0.2) is 12.0 Å². The number of nitrogens with one attached hydrogen (secondary N) is 1. The van der Waals surface area contributed by atoms with Gasteiger partial charge in [0.2, 0.25) is 0 Å². The maximum absolute atomic E-state index is 12.3. The van der Waals surface area contributed by atoms with Crippen LogP contribution in [0, 0.1) is 0 Å². The highest BCUT2D eigenvalue weighted by Gasteiger charge is 2.32. The van der Waals surface area contributed by atoms with E-state index in [1.54, 1.807) is 10.6 Å². The van der Waals surface area contributed by atoms with E-state index in [0.29, 0.717) is 12.1 Å². The number of aryl methyl sites for hydroxylation is 1. The molecule has 7 heteroatoms. The van der Waals surface area contributed by atoms with Crippen LogP contribution in [0.2, 0.25) is 0 Å². The van der Waals surface area contributed by atoms with E-state index < -0.39 is 0 Å². The minimum absolute atomic E-state index is 0.000839. The summed E-state index contributed by atoms with van der Waals surface area (Å²) in [5.74, 6) is 1.03. The first-order chi connectivity index (χ1) is 12.6. The van der Waals surface area contributed by atoms with Crippen molar-refractivity contribution in [3.05, 3.63) is 22.5 Å². The van der Waals surface area contributed by atoms with E-state index in [1.165, 1.54) is 0 Å². The molecule has 0 radical (unpaired) electrons. The Balaban J connectivity index is 1.91. The smallest absolute Gasteiger partial charge is 0.250 e. The molecule has 0 amide bonds. The summed E-state index contributed by atoms with van der Waals surface area (Å²) in [6, 6.07) is 4.21. The predicted molar refractivity (Wildman–Crippen MR) is 103 cm³/mol. The first-order valence-corrected chi connectivity index (χ1v) is 9.80. The first kappa shape index (κ1) is 17.5. The van der Waals surface area contributed by atoms with Crippen molar-refractivity contribution in [2.24, 2.45) is 7.05 Å². The third kappa shape index (κ3) is 2.93. The molecule has 0 saturated carbocycles. The van der Waals surface area contributed by atoms with Gasteiger partial charge in [0.1, 0.15) is 11.0 Å². The second-order valence-electron chi connectivity index (χ2n) is 7.58. The van der Waals surface area contributed by atoms with Gasteiger partial charge < -0.3 is 19.5 Å². The third-order valence-corrected chi connectivity index (χ3v) is 5.72. The second kappa shape index (κ2) is 7.04. The highest BCUT2D eigenvalue weighted by molar-refractivity contribution is 5.87. The van der Waals surface area contributed by atoms with E-state index in [-0.39, 0.29) is 11.8 Å². The summed E-state index contributed by atoms with van der Waals surface area (Å²) in [6.07, 6.45) is 4.21. The molecular formula is C19H29N5O2. The molecule has 0 aliphatic carbocycles. The van der Waals surface area contributed by atoms with Crippen LogP contribution in [0.1, 0.15) is 45.8 Å². The fraction of sp³-hybridized carbons (Fsp3) is 0.684. The van der Waals surface area contributed by atoms with Gasteiger partial charge in [-0.3, -0.25) is 4.79 Å². The van der Waals surface area contributed by atoms with Crippen molar-refractivity contribution in [2.75, 3.05) is 24.6 Å². The molecule has 4 heterocycles. The Bertz CT molecular complexity index is 836. The van der Waals surface area contributed by atoms with Crippen LogP contribution in [0.15, 0.2) is 16.9 Å². The average Bonchev–Trinajstić information content (AvgIpc) is 3.05. The van der Waals surface area contributed by atoms with Crippen molar-refractivity contribution in [3.8, 4) is 0 Å².